The number of rotatable bonds is 3. The molecule has 23 heavy (non-hydrogen) atoms. The van der Waals surface area contributed by atoms with Gasteiger partial charge in [0.2, 0.25) is 5.88 Å². The topological polar surface area (TPSA) is 88.2 Å². The number of hydrogen-bond donors (Lipinski definition) is 0. The highest BCUT2D eigenvalue weighted by Gasteiger charge is 2.34. The molecule has 7 nitrogen and oxygen atoms in total. The van der Waals surface area contributed by atoms with Gasteiger partial charge in [-0.05, 0) is 18.2 Å². The Morgan fingerprint density at radius 1 is 1.39 bits per heavy atom. The van der Waals surface area contributed by atoms with Crippen molar-refractivity contribution in [3.05, 3.63) is 58.1 Å². The van der Waals surface area contributed by atoms with Crippen molar-refractivity contribution < 1.29 is 9.53 Å². The number of aryl methyl sites for hydroxylation is 1. The molecule has 0 radical (unpaired) electrons. The Morgan fingerprint density at radius 2 is 2.17 bits per heavy atom. The third kappa shape index (κ3) is 2.92. The number of nitriles is 1. The van der Waals surface area contributed by atoms with E-state index in [0.29, 0.717) is 24.5 Å². The molecule has 0 atom stereocenters. The predicted molar refractivity (Wildman–Crippen MR) is 81.0 cm³/mol. The Hall–Kier alpha value is -3.14. The zero-order chi connectivity index (χ0) is 16.4. The van der Waals surface area contributed by atoms with Gasteiger partial charge in [0, 0.05) is 25.5 Å². The van der Waals surface area contributed by atoms with Crippen LogP contribution in [-0.2, 0) is 7.05 Å². The quantitative estimate of drug-likeness (QED) is 0.826. The van der Waals surface area contributed by atoms with Crippen molar-refractivity contribution >= 4 is 5.91 Å². The summed E-state index contributed by atoms with van der Waals surface area (Å²) < 4.78 is 7.00. The molecule has 3 heterocycles. The Bertz CT molecular complexity index is 830. The van der Waals surface area contributed by atoms with Gasteiger partial charge in [-0.3, -0.25) is 9.59 Å². The van der Waals surface area contributed by atoms with Gasteiger partial charge in [0.15, 0.2) is 0 Å². The van der Waals surface area contributed by atoms with Crippen LogP contribution < -0.4 is 10.3 Å². The average molecular weight is 310 g/mol. The van der Waals surface area contributed by atoms with Crippen LogP contribution in [0.1, 0.15) is 15.9 Å². The molecular formula is C16H14N4O3. The fraction of sp³-hybridized carbons (Fsp3) is 0.250. The number of carbonyl (C=O) groups excluding carboxylic acids is 1. The lowest BCUT2D eigenvalue weighted by atomic mass is 10.1. The standard InChI is InChI=1S/C16H14N4O3/c1-19-6-2-3-13(15(19)21)16(22)20-9-12(10-20)23-14-5-4-11(7-17)8-18-14/h2-6,8,12H,9-10H2,1H3. The van der Waals surface area contributed by atoms with Crippen molar-refractivity contribution in [3.63, 3.8) is 0 Å². The van der Waals surface area contributed by atoms with Crippen molar-refractivity contribution in [1.29, 1.82) is 5.26 Å². The monoisotopic (exact) mass is 310 g/mol. The molecule has 0 aromatic carbocycles. The van der Waals surface area contributed by atoms with E-state index in [-0.39, 0.29) is 23.1 Å². The number of aromatic nitrogens is 2. The minimum absolute atomic E-state index is 0.157. The number of ether oxygens (including phenoxy) is 1. The fourth-order valence-corrected chi connectivity index (χ4v) is 2.30. The van der Waals surface area contributed by atoms with Gasteiger partial charge in [-0.15, -0.1) is 0 Å². The first-order valence-corrected chi connectivity index (χ1v) is 7.06. The smallest absolute Gasteiger partial charge is 0.263 e. The van der Waals surface area contributed by atoms with E-state index in [1.54, 1.807) is 36.3 Å². The summed E-state index contributed by atoms with van der Waals surface area (Å²) >= 11 is 0. The molecule has 1 aliphatic heterocycles. The van der Waals surface area contributed by atoms with Gasteiger partial charge in [0.25, 0.3) is 11.5 Å². The second-order valence-electron chi connectivity index (χ2n) is 5.28. The van der Waals surface area contributed by atoms with Crippen LogP contribution in [0.25, 0.3) is 0 Å². The van der Waals surface area contributed by atoms with Crippen molar-refractivity contribution in [2.75, 3.05) is 13.1 Å². The predicted octanol–water partition coefficient (Wildman–Crippen LogP) is 0.555. The lowest BCUT2D eigenvalue weighted by Crippen LogP contribution is -2.57. The zero-order valence-electron chi connectivity index (χ0n) is 12.5. The molecule has 0 N–H and O–H groups in total. The van der Waals surface area contributed by atoms with Gasteiger partial charge in [-0.25, -0.2) is 4.98 Å². The maximum Gasteiger partial charge on any atom is 0.263 e. The average Bonchev–Trinajstić information content (AvgIpc) is 2.53. The zero-order valence-corrected chi connectivity index (χ0v) is 12.5. The van der Waals surface area contributed by atoms with Crippen LogP contribution in [-0.4, -0.2) is 39.6 Å². The highest BCUT2D eigenvalue weighted by Crippen LogP contribution is 2.17. The van der Waals surface area contributed by atoms with Gasteiger partial charge >= 0.3 is 0 Å². The van der Waals surface area contributed by atoms with Crippen LogP contribution in [0.2, 0.25) is 0 Å². The van der Waals surface area contributed by atoms with Crippen molar-refractivity contribution in [3.8, 4) is 11.9 Å². The van der Waals surface area contributed by atoms with Crippen LogP contribution in [0.3, 0.4) is 0 Å². The van der Waals surface area contributed by atoms with E-state index in [4.69, 9.17) is 10.00 Å². The molecular weight excluding hydrogens is 296 g/mol. The molecule has 0 saturated carbocycles. The first-order valence-electron chi connectivity index (χ1n) is 7.06. The number of nitrogens with zero attached hydrogens (tertiary/aromatic N) is 4. The molecule has 0 spiro atoms. The van der Waals surface area contributed by atoms with E-state index in [1.807, 2.05) is 6.07 Å². The lowest BCUT2D eigenvalue weighted by Gasteiger charge is -2.38. The number of hydrogen-bond acceptors (Lipinski definition) is 5. The first kappa shape index (κ1) is 14.8. The maximum absolute atomic E-state index is 12.3. The molecule has 1 amide bonds. The minimum atomic E-state index is -0.310. The summed E-state index contributed by atoms with van der Waals surface area (Å²) in [6.45, 7) is 0.803. The SMILES string of the molecule is Cn1cccc(C(=O)N2CC(Oc3ccc(C#N)cn3)C2)c1=O. The number of carbonyl (C=O) groups is 1. The first-order chi connectivity index (χ1) is 11.1. The highest BCUT2D eigenvalue weighted by molar-refractivity contribution is 5.94. The Morgan fingerprint density at radius 3 is 2.83 bits per heavy atom. The molecule has 0 unspecified atom stereocenters. The fourth-order valence-electron chi connectivity index (χ4n) is 2.30. The molecule has 0 bridgehead atoms. The van der Waals surface area contributed by atoms with Crippen LogP contribution in [0, 0.1) is 11.3 Å². The third-order valence-electron chi connectivity index (χ3n) is 3.64. The molecule has 3 rings (SSSR count). The van der Waals surface area contributed by atoms with E-state index in [0.717, 1.165) is 0 Å². The van der Waals surface area contributed by atoms with Gasteiger partial charge in [0.1, 0.15) is 17.7 Å². The second-order valence-corrected chi connectivity index (χ2v) is 5.28. The van der Waals surface area contributed by atoms with Crippen LogP contribution in [0.5, 0.6) is 5.88 Å². The molecule has 0 aliphatic carbocycles. The van der Waals surface area contributed by atoms with E-state index < -0.39 is 0 Å². The van der Waals surface area contributed by atoms with E-state index in [9.17, 15) is 9.59 Å². The highest BCUT2D eigenvalue weighted by atomic mass is 16.5. The number of pyridine rings is 2. The van der Waals surface area contributed by atoms with Gasteiger partial charge in [0.05, 0.1) is 18.7 Å². The molecule has 1 saturated heterocycles. The maximum atomic E-state index is 12.3. The molecule has 2 aromatic rings. The normalized spacial score (nSPS) is 14.0. The summed E-state index contributed by atoms with van der Waals surface area (Å²) in [7, 11) is 1.61. The van der Waals surface area contributed by atoms with Crippen molar-refractivity contribution in [2.24, 2.45) is 7.05 Å². The molecule has 1 aliphatic rings. The van der Waals surface area contributed by atoms with Gasteiger partial charge in [-0.1, -0.05) is 0 Å². The van der Waals surface area contributed by atoms with Crippen molar-refractivity contribution in [1.82, 2.24) is 14.5 Å². The number of amides is 1. The summed E-state index contributed by atoms with van der Waals surface area (Å²) in [4.78, 5) is 29.8. The van der Waals surface area contributed by atoms with E-state index in [1.165, 1.54) is 16.8 Å². The number of likely N-dealkylation sites (tertiary alicyclic amines) is 1. The van der Waals surface area contributed by atoms with Crippen LogP contribution in [0.15, 0.2) is 41.5 Å². The molecule has 1 fully saturated rings. The summed E-state index contributed by atoms with van der Waals surface area (Å²) in [6, 6.07) is 8.43. The Balaban J connectivity index is 1.60. The van der Waals surface area contributed by atoms with Gasteiger partial charge < -0.3 is 14.2 Å². The van der Waals surface area contributed by atoms with Crippen LogP contribution in [0.4, 0.5) is 0 Å². The molecule has 2 aromatic heterocycles. The summed E-state index contributed by atoms with van der Waals surface area (Å²) in [5, 5.41) is 8.71. The second kappa shape index (κ2) is 5.93. The third-order valence-corrected chi connectivity index (χ3v) is 3.64. The lowest BCUT2D eigenvalue weighted by molar-refractivity contribution is 0.0158. The largest absolute Gasteiger partial charge is 0.471 e. The van der Waals surface area contributed by atoms with Crippen molar-refractivity contribution in [2.45, 2.75) is 6.10 Å². The summed E-state index contributed by atoms with van der Waals surface area (Å²) in [6.07, 6.45) is 2.88. The van der Waals surface area contributed by atoms with Crippen LogP contribution >= 0.6 is 0 Å². The minimum Gasteiger partial charge on any atom is -0.471 e. The van der Waals surface area contributed by atoms with E-state index in [2.05, 4.69) is 4.98 Å². The Kier molecular flexibility index (Phi) is 3.81. The van der Waals surface area contributed by atoms with E-state index >= 15 is 0 Å². The van der Waals surface area contributed by atoms with Gasteiger partial charge in [-0.2, -0.15) is 5.26 Å². The molecule has 7 heteroatoms. The summed E-state index contributed by atoms with van der Waals surface area (Å²) in [5.41, 5.74) is 0.309. The summed E-state index contributed by atoms with van der Waals surface area (Å²) in [5.74, 6) is 0.121. The molecule has 116 valence electrons. The Labute approximate surface area is 132 Å².